The molecule has 4 heteroatoms. The highest BCUT2D eigenvalue weighted by Gasteiger charge is 2.37. The van der Waals surface area contributed by atoms with E-state index >= 15 is 0 Å². The maximum absolute atomic E-state index is 2.51. The smallest absolute Gasteiger partial charge is 0.0703 e. The van der Waals surface area contributed by atoms with Gasteiger partial charge < -0.3 is 14.7 Å². The summed E-state index contributed by atoms with van der Waals surface area (Å²) in [6.07, 6.45) is 11.8. The van der Waals surface area contributed by atoms with Gasteiger partial charge in [0, 0.05) is 32.0 Å². The molecule has 2 aliphatic carbocycles. The first-order valence-corrected chi connectivity index (χ1v) is 22.5. The van der Waals surface area contributed by atoms with Gasteiger partial charge >= 0.3 is 0 Å². The van der Waals surface area contributed by atoms with Crippen LogP contribution in [0.1, 0.15) is 61.8 Å². The molecule has 0 amide bonds. The molecule has 8 aromatic carbocycles. The Balaban J connectivity index is 0.894. The van der Waals surface area contributed by atoms with E-state index in [0.717, 1.165) is 12.8 Å². The SMILES string of the molecule is CC1(C)c2cc(/C=C/c3ccc(N4c5ccccc5N(C5=CCCCC5)c5ccccc54)c4ccccc34)ccc2-c2ccc(N3c4ccccc4Sc4ccccc43)cc21. The maximum atomic E-state index is 2.51. The van der Waals surface area contributed by atoms with Gasteiger partial charge in [0.05, 0.1) is 39.8 Å². The van der Waals surface area contributed by atoms with E-state index in [1.807, 2.05) is 11.8 Å². The van der Waals surface area contributed by atoms with Gasteiger partial charge in [-0.2, -0.15) is 0 Å². The number of hydrogen-bond acceptors (Lipinski definition) is 4. The Labute approximate surface area is 362 Å². The lowest BCUT2D eigenvalue weighted by Gasteiger charge is -2.42. The van der Waals surface area contributed by atoms with E-state index in [0.29, 0.717) is 0 Å². The summed E-state index contributed by atoms with van der Waals surface area (Å²) in [5.41, 5.74) is 18.8. The second kappa shape index (κ2) is 14.2. The van der Waals surface area contributed by atoms with Gasteiger partial charge in [0.2, 0.25) is 0 Å². The minimum absolute atomic E-state index is 0.160. The molecular formula is C57H45N3S. The summed E-state index contributed by atoms with van der Waals surface area (Å²) in [6.45, 7) is 4.77. The Morgan fingerprint density at radius 1 is 0.475 bits per heavy atom. The molecule has 0 spiro atoms. The molecule has 0 N–H and O–H groups in total. The van der Waals surface area contributed by atoms with E-state index < -0.39 is 0 Å². The number of allylic oxidation sites excluding steroid dienone is 2. The van der Waals surface area contributed by atoms with Gasteiger partial charge in [0.25, 0.3) is 0 Å². The quantitative estimate of drug-likeness (QED) is 0.160. The molecule has 4 aliphatic rings. The molecule has 0 unspecified atom stereocenters. The van der Waals surface area contributed by atoms with Crippen molar-refractivity contribution in [1.29, 1.82) is 0 Å². The van der Waals surface area contributed by atoms with Crippen LogP contribution in [0.25, 0.3) is 34.1 Å². The van der Waals surface area contributed by atoms with E-state index in [1.165, 1.54) is 118 Å². The van der Waals surface area contributed by atoms with E-state index in [1.54, 1.807) is 0 Å². The van der Waals surface area contributed by atoms with Crippen LogP contribution in [-0.2, 0) is 5.41 Å². The highest BCUT2D eigenvalue weighted by Crippen LogP contribution is 2.56. The van der Waals surface area contributed by atoms with Crippen molar-refractivity contribution in [3.63, 3.8) is 0 Å². The largest absolute Gasteiger partial charge is 0.310 e. The molecule has 0 atom stereocenters. The van der Waals surface area contributed by atoms with Crippen molar-refractivity contribution in [2.75, 3.05) is 14.7 Å². The predicted molar refractivity (Wildman–Crippen MR) is 259 cm³/mol. The topological polar surface area (TPSA) is 9.72 Å². The van der Waals surface area contributed by atoms with E-state index in [-0.39, 0.29) is 5.41 Å². The van der Waals surface area contributed by atoms with Crippen LogP contribution < -0.4 is 14.7 Å². The van der Waals surface area contributed by atoms with Gasteiger partial charge in [0.1, 0.15) is 0 Å². The van der Waals surface area contributed by atoms with Crippen molar-refractivity contribution in [3.05, 3.63) is 204 Å². The molecule has 0 radical (unpaired) electrons. The van der Waals surface area contributed by atoms with Crippen LogP contribution in [0.4, 0.5) is 45.5 Å². The molecule has 0 saturated heterocycles. The predicted octanol–water partition coefficient (Wildman–Crippen LogP) is 16.6. The lowest BCUT2D eigenvalue weighted by molar-refractivity contribution is 0.660. The summed E-state index contributed by atoms with van der Waals surface area (Å²) in [7, 11) is 0. The van der Waals surface area contributed by atoms with Crippen LogP contribution in [0.2, 0.25) is 0 Å². The molecule has 0 saturated carbocycles. The van der Waals surface area contributed by atoms with Gasteiger partial charge in [0.15, 0.2) is 0 Å². The summed E-state index contributed by atoms with van der Waals surface area (Å²) in [6, 6.07) is 63.0. The summed E-state index contributed by atoms with van der Waals surface area (Å²) < 4.78 is 0. The van der Waals surface area contributed by atoms with Gasteiger partial charge in [-0.3, -0.25) is 0 Å². The molecule has 3 nitrogen and oxygen atoms in total. The highest BCUT2D eigenvalue weighted by atomic mass is 32.2. The first-order valence-electron chi connectivity index (χ1n) is 21.7. The van der Waals surface area contributed by atoms with Crippen LogP contribution >= 0.6 is 11.8 Å². The Morgan fingerprint density at radius 3 is 1.70 bits per heavy atom. The number of benzene rings is 8. The third-order valence-corrected chi connectivity index (χ3v) is 14.4. The normalized spacial score (nSPS) is 15.8. The summed E-state index contributed by atoms with van der Waals surface area (Å²) >= 11 is 1.85. The maximum Gasteiger partial charge on any atom is 0.0703 e. The van der Waals surface area contributed by atoms with E-state index in [2.05, 4.69) is 217 Å². The fourth-order valence-electron chi connectivity index (χ4n) is 10.3. The molecule has 294 valence electrons. The molecule has 2 aliphatic heterocycles. The van der Waals surface area contributed by atoms with Crippen LogP contribution in [0.5, 0.6) is 0 Å². The zero-order valence-electron chi connectivity index (χ0n) is 34.5. The molecule has 0 fully saturated rings. The first-order chi connectivity index (χ1) is 30.0. The second-order valence-corrected chi connectivity index (χ2v) is 18.3. The van der Waals surface area contributed by atoms with E-state index in [9.17, 15) is 0 Å². The number of hydrogen-bond donors (Lipinski definition) is 0. The standard InChI is InChI=1S/C57H45N3S/c1-57(2)46-36-38(29-33-43(46)44-34-32-41(37-47(44)57)59-53-24-12-14-26-55(53)61-56-27-15-13-25-54(56)59)28-30-39-31-35-48(45-19-7-6-18-42(39)45)60-51-22-10-8-20-49(51)58(40-16-4-3-5-17-40)50-21-9-11-23-52(50)60/h6-16,18-37H,3-5,17H2,1-2H3/b30-28+. The van der Waals surface area contributed by atoms with Crippen molar-refractivity contribution >= 4 is 80.2 Å². The molecule has 8 aromatic rings. The lowest BCUT2D eigenvalue weighted by Crippen LogP contribution is -2.27. The van der Waals surface area contributed by atoms with Crippen LogP contribution in [0.15, 0.2) is 191 Å². The molecule has 2 heterocycles. The molecule has 0 aromatic heterocycles. The highest BCUT2D eigenvalue weighted by molar-refractivity contribution is 7.99. The molecular weight excluding hydrogens is 759 g/mol. The summed E-state index contributed by atoms with van der Waals surface area (Å²) in [4.78, 5) is 10.0. The number of anilines is 8. The van der Waals surface area contributed by atoms with Gasteiger partial charge in [-0.15, -0.1) is 0 Å². The average Bonchev–Trinajstić information content (AvgIpc) is 3.53. The lowest BCUT2D eigenvalue weighted by atomic mass is 9.81. The fourth-order valence-corrected chi connectivity index (χ4v) is 11.4. The van der Waals surface area contributed by atoms with Crippen molar-refractivity contribution in [1.82, 2.24) is 0 Å². The number of fused-ring (bicyclic) bond motifs is 8. The van der Waals surface area contributed by atoms with Crippen molar-refractivity contribution < 1.29 is 0 Å². The number of rotatable bonds is 5. The monoisotopic (exact) mass is 803 g/mol. The fraction of sp³-hybridized carbons (Fsp3) is 0.123. The third kappa shape index (κ3) is 5.73. The molecule has 0 bridgehead atoms. The van der Waals surface area contributed by atoms with Gasteiger partial charge in [-0.1, -0.05) is 147 Å². The van der Waals surface area contributed by atoms with Crippen LogP contribution in [-0.4, -0.2) is 0 Å². The minimum Gasteiger partial charge on any atom is -0.310 e. The zero-order valence-corrected chi connectivity index (χ0v) is 35.3. The van der Waals surface area contributed by atoms with Crippen molar-refractivity contribution in [2.24, 2.45) is 0 Å². The Hall–Kier alpha value is -6.75. The number of para-hydroxylation sites is 6. The second-order valence-electron chi connectivity index (χ2n) is 17.2. The minimum atomic E-state index is -0.160. The van der Waals surface area contributed by atoms with Crippen LogP contribution in [0.3, 0.4) is 0 Å². The summed E-state index contributed by atoms with van der Waals surface area (Å²) in [5.74, 6) is 0. The molecule has 12 rings (SSSR count). The Kier molecular flexibility index (Phi) is 8.40. The Bertz CT molecular complexity index is 3040. The summed E-state index contributed by atoms with van der Waals surface area (Å²) in [5, 5.41) is 2.47. The molecule has 61 heavy (non-hydrogen) atoms. The zero-order chi connectivity index (χ0) is 40.7. The van der Waals surface area contributed by atoms with Crippen LogP contribution in [0, 0.1) is 0 Å². The third-order valence-electron chi connectivity index (χ3n) is 13.3. The number of nitrogens with zero attached hydrogens (tertiary/aromatic N) is 3. The Morgan fingerprint density at radius 2 is 1.05 bits per heavy atom. The average molecular weight is 804 g/mol. The van der Waals surface area contributed by atoms with Crippen molar-refractivity contribution in [3.8, 4) is 11.1 Å². The van der Waals surface area contributed by atoms with Gasteiger partial charge in [-0.25, -0.2) is 0 Å². The van der Waals surface area contributed by atoms with E-state index in [4.69, 9.17) is 0 Å². The first kappa shape index (κ1) is 36.1. The van der Waals surface area contributed by atoms with Gasteiger partial charge in [-0.05, 0) is 131 Å². The van der Waals surface area contributed by atoms with Crippen molar-refractivity contribution in [2.45, 2.75) is 54.7 Å².